The van der Waals surface area contributed by atoms with E-state index in [2.05, 4.69) is 68.9 Å². The van der Waals surface area contributed by atoms with Crippen molar-refractivity contribution in [1.29, 1.82) is 0 Å². The van der Waals surface area contributed by atoms with Gasteiger partial charge in [0.05, 0.1) is 0 Å². The van der Waals surface area contributed by atoms with E-state index in [0.29, 0.717) is 11.3 Å². The molecule has 94 valence electrons. The molecule has 2 nitrogen and oxygen atoms in total. The van der Waals surface area contributed by atoms with Gasteiger partial charge in [-0.15, -0.1) is 0 Å². The Kier molecular flexibility index (Phi) is 5.66. The summed E-state index contributed by atoms with van der Waals surface area (Å²) < 4.78 is 1.05. The van der Waals surface area contributed by atoms with Crippen LogP contribution in [0.3, 0.4) is 0 Å². The zero-order valence-corrected chi connectivity index (χ0v) is 13.1. The molecule has 0 spiro atoms. The first-order valence-corrected chi connectivity index (χ1v) is 8.76. The van der Waals surface area contributed by atoms with Crippen LogP contribution in [0.5, 0.6) is 0 Å². The minimum absolute atomic E-state index is 0.529. The molecule has 2 atom stereocenters. The Balaban J connectivity index is 1.96. The fourth-order valence-electron chi connectivity index (χ4n) is 1.91. The maximum absolute atomic E-state index is 4.46. The highest BCUT2D eigenvalue weighted by Gasteiger charge is 2.23. The summed E-state index contributed by atoms with van der Waals surface area (Å²) in [5, 5.41) is 4.16. The minimum Gasteiger partial charge on any atom is -0.315 e. The summed E-state index contributed by atoms with van der Waals surface area (Å²) in [6.07, 6.45) is 2.90. The van der Waals surface area contributed by atoms with Crippen LogP contribution >= 0.6 is 39.5 Å². The Labute approximate surface area is 120 Å². The molecule has 1 aromatic heterocycles. The fraction of sp³-hybridized carbons (Fsp3) is 0.583. The molecule has 1 aliphatic rings. The van der Waals surface area contributed by atoms with Gasteiger partial charge in [0, 0.05) is 51.3 Å². The second-order valence-electron chi connectivity index (χ2n) is 4.05. The molecule has 1 aromatic rings. The van der Waals surface area contributed by atoms with E-state index in [1.807, 2.05) is 6.20 Å². The zero-order chi connectivity index (χ0) is 12.1. The molecule has 0 bridgehead atoms. The van der Waals surface area contributed by atoms with E-state index >= 15 is 0 Å². The highest BCUT2D eigenvalue weighted by atomic mass is 79.9. The number of nitrogens with one attached hydrogen (secondary N) is 1. The van der Waals surface area contributed by atoms with E-state index < -0.39 is 0 Å². The Morgan fingerprint density at radius 3 is 3.00 bits per heavy atom. The van der Waals surface area contributed by atoms with Crippen LogP contribution in [0.15, 0.2) is 22.8 Å². The number of likely N-dealkylation sites (N-methyl/N-ethyl adjacent to an activating group) is 1. The molecule has 0 aliphatic carbocycles. The number of halogens is 1. The van der Waals surface area contributed by atoms with Crippen molar-refractivity contribution in [1.82, 2.24) is 10.3 Å². The largest absolute Gasteiger partial charge is 0.315 e. The van der Waals surface area contributed by atoms with Crippen molar-refractivity contribution in [3.8, 4) is 0 Å². The number of pyridine rings is 1. The van der Waals surface area contributed by atoms with Crippen molar-refractivity contribution in [3.05, 3.63) is 28.5 Å². The van der Waals surface area contributed by atoms with Gasteiger partial charge in [-0.3, -0.25) is 4.98 Å². The highest BCUT2D eigenvalue weighted by molar-refractivity contribution is 9.10. The van der Waals surface area contributed by atoms with Crippen molar-refractivity contribution >= 4 is 39.5 Å². The van der Waals surface area contributed by atoms with E-state index in [-0.39, 0.29) is 0 Å². The molecule has 0 amide bonds. The van der Waals surface area contributed by atoms with E-state index in [9.17, 15) is 0 Å². The standard InChI is InChI=1S/C12H17BrN2S2/c1-14-11(12-8-16-4-5-17-12)6-10-3-2-9(13)7-15-10/h2-3,7,11-12,14H,4-6,8H2,1H3. The summed E-state index contributed by atoms with van der Waals surface area (Å²) in [4.78, 5) is 4.46. The number of rotatable bonds is 4. The summed E-state index contributed by atoms with van der Waals surface area (Å²) in [6, 6.07) is 4.70. The average molecular weight is 333 g/mol. The lowest BCUT2D eigenvalue weighted by atomic mass is 10.1. The lowest BCUT2D eigenvalue weighted by Gasteiger charge is -2.29. The topological polar surface area (TPSA) is 24.9 Å². The van der Waals surface area contributed by atoms with E-state index in [0.717, 1.165) is 10.9 Å². The first-order chi connectivity index (χ1) is 8.29. The fourth-order valence-corrected chi connectivity index (χ4v) is 5.07. The van der Waals surface area contributed by atoms with Crippen LogP contribution in [0, 0.1) is 0 Å². The van der Waals surface area contributed by atoms with Gasteiger partial charge in [-0.2, -0.15) is 23.5 Å². The van der Waals surface area contributed by atoms with Crippen LogP contribution in [0.4, 0.5) is 0 Å². The van der Waals surface area contributed by atoms with Crippen molar-refractivity contribution in [3.63, 3.8) is 0 Å². The quantitative estimate of drug-likeness (QED) is 0.916. The van der Waals surface area contributed by atoms with E-state index in [4.69, 9.17) is 0 Å². The maximum Gasteiger partial charge on any atom is 0.0420 e. The Hall–Kier alpha value is 0.290. The number of hydrogen-bond donors (Lipinski definition) is 1. The van der Waals surface area contributed by atoms with Gasteiger partial charge in [0.1, 0.15) is 0 Å². The minimum atomic E-state index is 0.529. The predicted molar refractivity (Wildman–Crippen MR) is 82.1 cm³/mol. The third kappa shape index (κ3) is 4.16. The molecule has 2 heterocycles. The van der Waals surface area contributed by atoms with Crippen molar-refractivity contribution < 1.29 is 0 Å². The molecule has 1 fully saturated rings. The zero-order valence-electron chi connectivity index (χ0n) is 9.86. The highest BCUT2D eigenvalue weighted by Crippen LogP contribution is 2.27. The van der Waals surface area contributed by atoms with E-state index in [1.165, 1.54) is 23.0 Å². The SMILES string of the molecule is CNC(Cc1ccc(Br)cn1)C1CSCCS1. The van der Waals surface area contributed by atoms with Crippen LogP contribution < -0.4 is 5.32 Å². The molecular weight excluding hydrogens is 316 g/mol. The summed E-state index contributed by atoms with van der Waals surface area (Å²) in [6.45, 7) is 0. The van der Waals surface area contributed by atoms with Crippen LogP contribution in [0.25, 0.3) is 0 Å². The summed E-state index contributed by atoms with van der Waals surface area (Å²) >= 11 is 7.59. The van der Waals surface area contributed by atoms with Gasteiger partial charge in [0.2, 0.25) is 0 Å². The smallest absolute Gasteiger partial charge is 0.0420 e. The molecule has 17 heavy (non-hydrogen) atoms. The summed E-state index contributed by atoms with van der Waals surface area (Å²) in [7, 11) is 2.06. The van der Waals surface area contributed by atoms with Crippen molar-refractivity contribution in [2.24, 2.45) is 0 Å². The van der Waals surface area contributed by atoms with Gasteiger partial charge in [0.15, 0.2) is 0 Å². The van der Waals surface area contributed by atoms with Gasteiger partial charge in [-0.1, -0.05) is 0 Å². The molecule has 1 aliphatic heterocycles. The van der Waals surface area contributed by atoms with Crippen molar-refractivity contribution in [2.75, 3.05) is 24.3 Å². The third-order valence-electron chi connectivity index (χ3n) is 2.88. The third-order valence-corrected chi connectivity index (χ3v) is 6.27. The van der Waals surface area contributed by atoms with Crippen LogP contribution in [0.1, 0.15) is 5.69 Å². The molecule has 1 saturated heterocycles. The first kappa shape index (κ1) is 13.7. The Morgan fingerprint density at radius 1 is 1.53 bits per heavy atom. The van der Waals surface area contributed by atoms with Gasteiger partial charge < -0.3 is 5.32 Å². The lowest BCUT2D eigenvalue weighted by Crippen LogP contribution is -2.40. The van der Waals surface area contributed by atoms with Gasteiger partial charge >= 0.3 is 0 Å². The van der Waals surface area contributed by atoms with E-state index in [1.54, 1.807) is 0 Å². The van der Waals surface area contributed by atoms with Gasteiger partial charge in [0.25, 0.3) is 0 Å². The van der Waals surface area contributed by atoms with Crippen LogP contribution in [-0.2, 0) is 6.42 Å². The molecule has 0 saturated carbocycles. The second-order valence-corrected chi connectivity index (χ2v) is 7.46. The molecule has 1 N–H and O–H groups in total. The molecular formula is C12H17BrN2S2. The maximum atomic E-state index is 4.46. The molecule has 2 rings (SSSR count). The molecule has 2 unspecified atom stereocenters. The monoisotopic (exact) mass is 332 g/mol. The molecule has 5 heteroatoms. The second kappa shape index (κ2) is 7.02. The Bertz CT molecular complexity index is 339. The summed E-state index contributed by atoms with van der Waals surface area (Å²) in [5.41, 5.74) is 1.17. The predicted octanol–water partition coefficient (Wildman–Crippen LogP) is 2.82. The number of thioether (sulfide) groups is 2. The average Bonchev–Trinajstić information content (AvgIpc) is 2.39. The van der Waals surface area contributed by atoms with Crippen LogP contribution in [0.2, 0.25) is 0 Å². The normalized spacial score (nSPS) is 22.4. The molecule has 0 radical (unpaired) electrons. The lowest BCUT2D eigenvalue weighted by molar-refractivity contribution is 0.551. The van der Waals surface area contributed by atoms with Crippen LogP contribution in [-0.4, -0.2) is 40.6 Å². The van der Waals surface area contributed by atoms with Crippen molar-refractivity contribution in [2.45, 2.75) is 17.7 Å². The molecule has 0 aromatic carbocycles. The number of aromatic nitrogens is 1. The van der Waals surface area contributed by atoms with Gasteiger partial charge in [-0.05, 0) is 35.1 Å². The van der Waals surface area contributed by atoms with Gasteiger partial charge in [-0.25, -0.2) is 0 Å². The Morgan fingerprint density at radius 2 is 2.41 bits per heavy atom. The first-order valence-electron chi connectivity index (χ1n) is 5.76. The number of nitrogens with zero attached hydrogens (tertiary/aromatic N) is 1. The number of hydrogen-bond acceptors (Lipinski definition) is 4. The summed E-state index contributed by atoms with van der Waals surface area (Å²) in [5.74, 6) is 3.84.